The zero-order chi connectivity index (χ0) is 14.7. The van der Waals surface area contributed by atoms with Gasteiger partial charge in [0.15, 0.2) is 0 Å². The van der Waals surface area contributed by atoms with Gasteiger partial charge < -0.3 is 5.32 Å². The minimum atomic E-state index is 0.304. The highest BCUT2D eigenvalue weighted by Gasteiger charge is 2.24. The van der Waals surface area contributed by atoms with Gasteiger partial charge in [-0.05, 0) is 44.2 Å². The van der Waals surface area contributed by atoms with Crippen LogP contribution in [-0.2, 0) is 6.42 Å². The second-order valence-corrected chi connectivity index (χ2v) is 5.64. The summed E-state index contributed by atoms with van der Waals surface area (Å²) in [5, 5.41) is 3.37. The number of fused-ring (bicyclic) bond motifs is 1. The lowest BCUT2D eigenvalue weighted by molar-refractivity contribution is 0.585. The van der Waals surface area contributed by atoms with Crippen LogP contribution >= 0.6 is 0 Å². The van der Waals surface area contributed by atoms with Crippen molar-refractivity contribution in [1.29, 1.82) is 0 Å². The van der Waals surface area contributed by atoms with Crippen LogP contribution in [0.4, 0.5) is 5.82 Å². The number of nitrogens with zero attached hydrogens (tertiary/aromatic N) is 3. The van der Waals surface area contributed by atoms with E-state index >= 15 is 0 Å². The van der Waals surface area contributed by atoms with Gasteiger partial charge in [0.05, 0.1) is 11.4 Å². The molecular formula is C17H22N4. The number of hydrogen-bond donors (Lipinski definition) is 1. The minimum Gasteiger partial charge on any atom is -0.370 e. The predicted molar refractivity (Wildman–Crippen MR) is 84.6 cm³/mol. The summed E-state index contributed by atoms with van der Waals surface area (Å²) < 4.78 is 0. The van der Waals surface area contributed by atoms with E-state index in [1.54, 1.807) is 0 Å². The Balaban J connectivity index is 1.95. The van der Waals surface area contributed by atoms with Crippen LogP contribution in [0.3, 0.4) is 0 Å². The molecule has 0 aliphatic heterocycles. The molecule has 110 valence electrons. The number of aromatic nitrogens is 3. The maximum atomic E-state index is 4.67. The van der Waals surface area contributed by atoms with Crippen LogP contribution in [0.1, 0.15) is 54.9 Å². The van der Waals surface area contributed by atoms with Crippen LogP contribution in [0.15, 0.2) is 24.4 Å². The van der Waals surface area contributed by atoms with Gasteiger partial charge in [-0.1, -0.05) is 13.0 Å². The molecule has 2 heterocycles. The van der Waals surface area contributed by atoms with E-state index in [2.05, 4.69) is 39.3 Å². The van der Waals surface area contributed by atoms with E-state index in [-0.39, 0.29) is 0 Å². The summed E-state index contributed by atoms with van der Waals surface area (Å²) in [6.45, 7) is 5.06. The molecule has 0 aromatic carbocycles. The number of nitrogens with one attached hydrogen (secondary N) is 1. The summed E-state index contributed by atoms with van der Waals surface area (Å²) in [5.41, 5.74) is 3.66. The van der Waals surface area contributed by atoms with Crippen LogP contribution in [0.5, 0.6) is 0 Å². The van der Waals surface area contributed by atoms with Crippen molar-refractivity contribution in [2.45, 2.75) is 45.4 Å². The molecule has 0 saturated carbocycles. The second-order valence-electron chi connectivity index (χ2n) is 5.64. The Labute approximate surface area is 126 Å². The lowest BCUT2D eigenvalue weighted by Gasteiger charge is -2.24. The van der Waals surface area contributed by atoms with Crippen molar-refractivity contribution >= 4 is 5.82 Å². The Kier molecular flexibility index (Phi) is 4.13. The van der Waals surface area contributed by atoms with Gasteiger partial charge in [0, 0.05) is 24.7 Å². The quantitative estimate of drug-likeness (QED) is 0.933. The molecular weight excluding hydrogens is 260 g/mol. The zero-order valence-electron chi connectivity index (χ0n) is 12.8. The number of aryl methyl sites for hydroxylation is 2. The summed E-state index contributed by atoms with van der Waals surface area (Å²) in [4.78, 5) is 13.8. The van der Waals surface area contributed by atoms with Crippen LogP contribution in [-0.4, -0.2) is 21.5 Å². The molecule has 4 heteroatoms. The third-order valence-corrected chi connectivity index (χ3v) is 3.97. The Morgan fingerprint density at radius 1 is 1.33 bits per heavy atom. The Morgan fingerprint density at radius 2 is 2.24 bits per heavy atom. The molecule has 21 heavy (non-hydrogen) atoms. The highest BCUT2D eigenvalue weighted by molar-refractivity contribution is 5.40. The van der Waals surface area contributed by atoms with Crippen LogP contribution in [0.2, 0.25) is 0 Å². The fourth-order valence-corrected chi connectivity index (χ4v) is 3.01. The van der Waals surface area contributed by atoms with Gasteiger partial charge >= 0.3 is 0 Å². The topological polar surface area (TPSA) is 50.7 Å². The number of anilines is 1. The number of rotatable bonds is 4. The third-order valence-electron chi connectivity index (χ3n) is 3.97. The molecule has 1 N–H and O–H groups in total. The average molecular weight is 282 g/mol. The van der Waals surface area contributed by atoms with Crippen LogP contribution < -0.4 is 5.32 Å². The standard InChI is InChI=1S/C17H22N4/c1-3-9-18-16-11-15(20-12(2)21-16)14-8-4-6-13-7-5-10-19-17(13)14/h5,7,10-11,14H,3-4,6,8-9H2,1-2H3,(H,18,20,21). The zero-order valence-corrected chi connectivity index (χ0v) is 12.8. The van der Waals surface area contributed by atoms with Gasteiger partial charge in [-0.3, -0.25) is 4.98 Å². The van der Waals surface area contributed by atoms with Crippen molar-refractivity contribution in [2.24, 2.45) is 0 Å². The molecule has 0 bridgehead atoms. The Morgan fingerprint density at radius 3 is 3.10 bits per heavy atom. The van der Waals surface area contributed by atoms with E-state index in [0.717, 1.165) is 43.1 Å². The summed E-state index contributed by atoms with van der Waals surface area (Å²) in [7, 11) is 0. The first-order chi connectivity index (χ1) is 10.3. The first kappa shape index (κ1) is 14.0. The molecule has 1 unspecified atom stereocenters. The molecule has 4 nitrogen and oxygen atoms in total. The van der Waals surface area contributed by atoms with Gasteiger partial charge in [-0.2, -0.15) is 0 Å². The third kappa shape index (κ3) is 3.04. The lowest BCUT2D eigenvalue weighted by atomic mass is 9.84. The van der Waals surface area contributed by atoms with E-state index in [0.29, 0.717) is 5.92 Å². The summed E-state index contributed by atoms with van der Waals surface area (Å²) in [5.74, 6) is 2.07. The summed E-state index contributed by atoms with van der Waals surface area (Å²) in [6.07, 6.45) is 6.43. The molecule has 0 amide bonds. The summed E-state index contributed by atoms with van der Waals surface area (Å²) >= 11 is 0. The monoisotopic (exact) mass is 282 g/mol. The van der Waals surface area contributed by atoms with E-state index < -0.39 is 0 Å². The van der Waals surface area contributed by atoms with E-state index in [4.69, 9.17) is 0 Å². The van der Waals surface area contributed by atoms with Crippen LogP contribution in [0, 0.1) is 6.92 Å². The molecule has 2 aromatic heterocycles. The van der Waals surface area contributed by atoms with Crippen molar-refractivity contribution in [3.8, 4) is 0 Å². The van der Waals surface area contributed by atoms with Gasteiger partial charge in [0.1, 0.15) is 11.6 Å². The van der Waals surface area contributed by atoms with Crippen LogP contribution in [0.25, 0.3) is 0 Å². The minimum absolute atomic E-state index is 0.304. The molecule has 1 atom stereocenters. The van der Waals surface area contributed by atoms with Gasteiger partial charge in [-0.15, -0.1) is 0 Å². The van der Waals surface area contributed by atoms with E-state index in [1.165, 1.54) is 17.7 Å². The van der Waals surface area contributed by atoms with E-state index in [9.17, 15) is 0 Å². The van der Waals surface area contributed by atoms with Crippen molar-refractivity contribution in [1.82, 2.24) is 15.0 Å². The molecule has 0 fully saturated rings. The predicted octanol–water partition coefficient (Wildman–Crippen LogP) is 3.47. The number of hydrogen-bond acceptors (Lipinski definition) is 4. The molecule has 2 aromatic rings. The fraction of sp³-hybridized carbons (Fsp3) is 0.471. The fourth-order valence-electron chi connectivity index (χ4n) is 3.01. The average Bonchev–Trinajstić information content (AvgIpc) is 2.52. The van der Waals surface area contributed by atoms with Gasteiger partial charge in [-0.25, -0.2) is 9.97 Å². The molecule has 1 aliphatic rings. The number of pyridine rings is 1. The lowest BCUT2D eigenvalue weighted by Crippen LogP contribution is -2.15. The molecule has 0 radical (unpaired) electrons. The van der Waals surface area contributed by atoms with Crippen molar-refractivity contribution in [2.75, 3.05) is 11.9 Å². The highest BCUT2D eigenvalue weighted by atomic mass is 15.0. The second kappa shape index (κ2) is 6.20. The first-order valence-corrected chi connectivity index (χ1v) is 7.81. The molecule has 1 aliphatic carbocycles. The maximum Gasteiger partial charge on any atom is 0.129 e. The molecule has 0 spiro atoms. The van der Waals surface area contributed by atoms with E-state index in [1.807, 2.05) is 19.2 Å². The maximum absolute atomic E-state index is 4.67. The molecule has 3 rings (SSSR count). The first-order valence-electron chi connectivity index (χ1n) is 7.81. The largest absolute Gasteiger partial charge is 0.370 e. The van der Waals surface area contributed by atoms with Crippen molar-refractivity contribution in [3.63, 3.8) is 0 Å². The summed E-state index contributed by atoms with van der Waals surface area (Å²) in [6, 6.07) is 6.32. The SMILES string of the molecule is CCCNc1cc(C2CCCc3cccnc32)nc(C)n1. The van der Waals surface area contributed by atoms with Gasteiger partial charge in [0.25, 0.3) is 0 Å². The smallest absolute Gasteiger partial charge is 0.129 e. The van der Waals surface area contributed by atoms with Crippen molar-refractivity contribution < 1.29 is 0 Å². The highest BCUT2D eigenvalue weighted by Crippen LogP contribution is 2.34. The normalized spacial score (nSPS) is 17.3. The van der Waals surface area contributed by atoms with Gasteiger partial charge in [0.2, 0.25) is 0 Å². The van der Waals surface area contributed by atoms with Crippen molar-refractivity contribution in [3.05, 3.63) is 47.2 Å². The molecule has 0 saturated heterocycles. The Hall–Kier alpha value is -1.97. The Bertz CT molecular complexity index is 624.